The first-order valence-electron chi connectivity index (χ1n) is 10.7. The van der Waals surface area contributed by atoms with Crippen molar-refractivity contribution < 1.29 is 14.2 Å². The van der Waals surface area contributed by atoms with Gasteiger partial charge in [0.15, 0.2) is 11.5 Å². The van der Waals surface area contributed by atoms with Gasteiger partial charge in [0, 0.05) is 13.2 Å². The van der Waals surface area contributed by atoms with Crippen LogP contribution in [-0.4, -0.2) is 44.9 Å². The number of methoxy groups -OCH3 is 1. The van der Waals surface area contributed by atoms with E-state index in [9.17, 15) is 0 Å². The van der Waals surface area contributed by atoms with Gasteiger partial charge in [-0.25, -0.2) is 0 Å². The van der Waals surface area contributed by atoms with E-state index in [4.69, 9.17) is 14.2 Å². The molecule has 4 nitrogen and oxygen atoms in total. The van der Waals surface area contributed by atoms with Crippen LogP contribution in [0.5, 0.6) is 11.5 Å². The SMILES string of the molecule is COc1cc(C=CCOCCCN2CCCCC2)ccc1OCc1ccccc1. The second kappa shape index (κ2) is 12.3. The summed E-state index contributed by atoms with van der Waals surface area (Å²) >= 11 is 0. The second-order valence-corrected chi connectivity index (χ2v) is 7.42. The molecular weight excluding hydrogens is 362 g/mol. The summed E-state index contributed by atoms with van der Waals surface area (Å²) in [5, 5.41) is 0. The molecule has 0 spiro atoms. The van der Waals surface area contributed by atoms with Crippen LogP contribution in [0.3, 0.4) is 0 Å². The fraction of sp³-hybridized carbons (Fsp3) is 0.440. The van der Waals surface area contributed by atoms with Crippen LogP contribution in [0.4, 0.5) is 0 Å². The van der Waals surface area contributed by atoms with Crippen molar-refractivity contribution in [1.82, 2.24) is 4.90 Å². The van der Waals surface area contributed by atoms with Crippen molar-refractivity contribution in [2.45, 2.75) is 32.3 Å². The summed E-state index contributed by atoms with van der Waals surface area (Å²) in [6, 6.07) is 16.1. The smallest absolute Gasteiger partial charge is 0.161 e. The monoisotopic (exact) mass is 395 g/mol. The molecule has 2 aromatic rings. The number of hydrogen-bond acceptors (Lipinski definition) is 4. The third-order valence-corrected chi connectivity index (χ3v) is 5.16. The van der Waals surface area contributed by atoms with Crippen LogP contribution < -0.4 is 9.47 Å². The topological polar surface area (TPSA) is 30.9 Å². The predicted octanol–water partition coefficient (Wildman–Crippen LogP) is 5.18. The number of piperidine rings is 1. The van der Waals surface area contributed by atoms with E-state index in [0.29, 0.717) is 13.2 Å². The predicted molar refractivity (Wildman–Crippen MR) is 119 cm³/mol. The zero-order valence-electron chi connectivity index (χ0n) is 17.5. The number of ether oxygens (including phenoxy) is 3. The van der Waals surface area contributed by atoms with Gasteiger partial charge in [0.2, 0.25) is 0 Å². The molecule has 0 amide bonds. The van der Waals surface area contributed by atoms with Gasteiger partial charge in [-0.15, -0.1) is 0 Å². The minimum Gasteiger partial charge on any atom is -0.493 e. The first-order valence-corrected chi connectivity index (χ1v) is 10.7. The average molecular weight is 396 g/mol. The molecule has 0 aromatic heterocycles. The Morgan fingerprint density at radius 2 is 1.79 bits per heavy atom. The van der Waals surface area contributed by atoms with Crippen molar-refractivity contribution in [3.05, 3.63) is 65.7 Å². The molecular formula is C25H33NO3. The summed E-state index contributed by atoms with van der Waals surface area (Å²) in [5.74, 6) is 1.49. The van der Waals surface area contributed by atoms with Gasteiger partial charge in [-0.2, -0.15) is 0 Å². The van der Waals surface area contributed by atoms with Gasteiger partial charge in [0.25, 0.3) is 0 Å². The Balaban J connectivity index is 1.38. The van der Waals surface area contributed by atoms with Crippen molar-refractivity contribution in [1.29, 1.82) is 0 Å². The maximum atomic E-state index is 5.91. The fourth-order valence-corrected chi connectivity index (χ4v) is 3.55. The van der Waals surface area contributed by atoms with Gasteiger partial charge in [-0.3, -0.25) is 0 Å². The Morgan fingerprint density at radius 1 is 0.966 bits per heavy atom. The van der Waals surface area contributed by atoms with Gasteiger partial charge >= 0.3 is 0 Å². The van der Waals surface area contributed by atoms with Crippen molar-refractivity contribution in [2.75, 3.05) is 40.0 Å². The van der Waals surface area contributed by atoms with E-state index in [0.717, 1.165) is 42.2 Å². The highest BCUT2D eigenvalue weighted by Gasteiger charge is 2.08. The molecule has 0 N–H and O–H groups in total. The third-order valence-electron chi connectivity index (χ3n) is 5.16. The molecule has 1 heterocycles. The van der Waals surface area contributed by atoms with Crippen LogP contribution in [0.1, 0.15) is 36.8 Å². The number of nitrogens with zero attached hydrogens (tertiary/aromatic N) is 1. The van der Waals surface area contributed by atoms with Crippen molar-refractivity contribution in [3.63, 3.8) is 0 Å². The molecule has 1 aliphatic heterocycles. The maximum Gasteiger partial charge on any atom is 0.161 e. The standard InChI is InChI=1S/C25H33NO3/c1-27-25-20-22(13-14-24(25)29-21-23-10-4-2-5-11-23)12-8-18-28-19-9-17-26-15-6-3-7-16-26/h2,4-5,8,10-14,20H,3,6-7,9,15-19,21H2,1H3. The molecule has 156 valence electrons. The molecule has 0 unspecified atom stereocenters. The van der Waals surface area contributed by atoms with Crippen LogP contribution in [0.2, 0.25) is 0 Å². The van der Waals surface area contributed by atoms with Gasteiger partial charge in [-0.05, 0) is 55.6 Å². The molecule has 1 fully saturated rings. The van der Waals surface area contributed by atoms with Crippen molar-refractivity contribution in [3.8, 4) is 11.5 Å². The van der Waals surface area contributed by atoms with Crippen molar-refractivity contribution in [2.24, 2.45) is 0 Å². The lowest BCUT2D eigenvalue weighted by Gasteiger charge is -2.26. The summed E-state index contributed by atoms with van der Waals surface area (Å²) in [4.78, 5) is 2.55. The minimum atomic E-state index is 0.525. The van der Waals surface area contributed by atoms with Gasteiger partial charge in [0.1, 0.15) is 6.61 Å². The Hall–Kier alpha value is -2.30. The molecule has 3 rings (SSSR count). The van der Waals surface area contributed by atoms with E-state index >= 15 is 0 Å². The number of rotatable bonds is 11. The molecule has 1 saturated heterocycles. The lowest BCUT2D eigenvalue weighted by Crippen LogP contribution is -2.31. The van der Waals surface area contributed by atoms with Crippen LogP contribution in [0.25, 0.3) is 6.08 Å². The zero-order valence-corrected chi connectivity index (χ0v) is 17.5. The summed E-state index contributed by atoms with van der Waals surface area (Å²) in [6.45, 7) is 5.65. The van der Waals surface area contributed by atoms with Gasteiger partial charge in [0.05, 0.1) is 13.7 Å². The van der Waals surface area contributed by atoms with Crippen LogP contribution in [0, 0.1) is 0 Å². The Labute approximate surface area is 175 Å². The molecule has 4 heteroatoms. The van der Waals surface area contributed by atoms with Crippen LogP contribution >= 0.6 is 0 Å². The van der Waals surface area contributed by atoms with Crippen LogP contribution in [0.15, 0.2) is 54.6 Å². The summed E-state index contributed by atoms with van der Waals surface area (Å²) < 4.78 is 17.2. The van der Waals surface area contributed by atoms with E-state index in [2.05, 4.69) is 29.2 Å². The number of likely N-dealkylation sites (tertiary alicyclic amines) is 1. The molecule has 0 bridgehead atoms. The molecule has 0 radical (unpaired) electrons. The minimum absolute atomic E-state index is 0.525. The lowest BCUT2D eigenvalue weighted by atomic mass is 10.1. The van der Waals surface area contributed by atoms with Gasteiger partial charge in [-0.1, -0.05) is 55.0 Å². The average Bonchev–Trinajstić information content (AvgIpc) is 2.78. The highest BCUT2D eigenvalue weighted by Crippen LogP contribution is 2.29. The first kappa shape index (κ1) is 21.4. The van der Waals surface area contributed by atoms with E-state index < -0.39 is 0 Å². The Morgan fingerprint density at radius 3 is 2.59 bits per heavy atom. The molecule has 1 aliphatic rings. The summed E-state index contributed by atoms with van der Waals surface area (Å²) in [7, 11) is 1.67. The van der Waals surface area contributed by atoms with E-state index in [1.807, 2.05) is 36.4 Å². The third kappa shape index (κ3) is 7.56. The molecule has 2 aromatic carbocycles. The maximum absolute atomic E-state index is 5.91. The van der Waals surface area contributed by atoms with E-state index in [-0.39, 0.29) is 0 Å². The quantitative estimate of drug-likeness (QED) is 0.491. The Kier molecular flexibility index (Phi) is 9.08. The first-order chi connectivity index (χ1) is 14.3. The van der Waals surface area contributed by atoms with Crippen LogP contribution in [-0.2, 0) is 11.3 Å². The molecule has 0 atom stereocenters. The largest absolute Gasteiger partial charge is 0.493 e. The normalized spacial score (nSPS) is 14.9. The summed E-state index contributed by atoms with van der Waals surface area (Å²) in [6.07, 6.45) is 9.32. The fourth-order valence-electron chi connectivity index (χ4n) is 3.55. The lowest BCUT2D eigenvalue weighted by molar-refractivity contribution is 0.138. The molecule has 0 saturated carbocycles. The number of hydrogen-bond donors (Lipinski definition) is 0. The highest BCUT2D eigenvalue weighted by atomic mass is 16.5. The van der Waals surface area contributed by atoms with E-state index in [1.165, 1.54) is 32.4 Å². The molecule has 29 heavy (non-hydrogen) atoms. The van der Waals surface area contributed by atoms with Gasteiger partial charge < -0.3 is 19.1 Å². The Bertz CT molecular complexity index is 739. The highest BCUT2D eigenvalue weighted by molar-refractivity contribution is 5.56. The second-order valence-electron chi connectivity index (χ2n) is 7.42. The van der Waals surface area contributed by atoms with E-state index in [1.54, 1.807) is 7.11 Å². The molecule has 0 aliphatic carbocycles. The summed E-state index contributed by atoms with van der Waals surface area (Å²) in [5.41, 5.74) is 2.21. The van der Waals surface area contributed by atoms with Crippen molar-refractivity contribution >= 4 is 6.08 Å². The zero-order chi connectivity index (χ0) is 20.2. The number of benzene rings is 2.